The highest BCUT2D eigenvalue weighted by Gasteiger charge is 2.24. The third kappa shape index (κ3) is 2.98. The molecule has 1 atom stereocenters. The van der Waals surface area contributed by atoms with Gasteiger partial charge in [-0.3, -0.25) is 4.79 Å². The summed E-state index contributed by atoms with van der Waals surface area (Å²) in [7, 11) is 0. The van der Waals surface area contributed by atoms with Crippen LogP contribution in [0.4, 0.5) is 0 Å². The molecule has 3 rings (SSSR count). The second kappa shape index (κ2) is 6.22. The zero-order valence-corrected chi connectivity index (χ0v) is 12.7. The lowest BCUT2D eigenvalue weighted by molar-refractivity contribution is -0.143. The van der Waals surface area contributed by atoms with Crippen LogP contribution in [-0.2, 0) is 22.4 Å². The van der Waals surface area contributed by atoms with Gasteiger partial charge in [0.25, 0.3) is 0 Å². The zero-order valence-electron chi connectivity index (χ0n) is 12.7. The number of carbonyl (C=O) groups is 1. The highest BCUT2D eigenvalue weighted by Crippen LogP contribution is 2.35. The van der Waals surface area contributed by atoms with Crippen LogP contribution in [0.3, 0.4) is 0 Å². The number of fused-ring (bicyclic) bond motifs is 2. The first-order valence-corrected chi connectivity index (χ1v) is 7.71. The molecule has 2 aromatic rings. The summed E-state index contributed by atoms with van der Waals surface area (Å²) >= 11 is 0. The van der Waals surface area contributed by atoms with Gasteiger partial charge < -0.3 is 9.84 Å². The fraction of sp³-hybridized carbons (Fsp3) is 0.316. The van der Waals surface area contributed by atoms with Gasteiger partial charge in [0, 0.05) is 0 Å². The van der Waals surface area contributed by atoms with E-state index < -0.39 is 0 Å². The SMILES string of the molecule is CCOC(=O)CC1Cc2ccc(O)cc2Cc2ccccc21. The van der Waals surface area contributed by atoms with Crippen molar-refractivity contribution in [3.63, 3.8) is 0 Å². The second-order valence-corrected chi connectivity index (χ2v) is 5.74. The number of esters is 1. The molecule has 0 bridgehead atoms. The third-order valence-corrected chi connectivity index (χ3v) is 4.25. The van der Waals surface area contributed by atoms with E-state index in [2.05, 4.69) is 12.1 Å². The van der Waals surface area contributed by atoms with Crippen LogP contribution >= 0.6 is 0 Å². The quantitative estimate of drug-likeness (QED) is 0.881. The molecule has 114 valence electrons. The van der Waals surface area contributed by atoms with Gasteiger partial charge in [-0.1, -0.05) is 30.3 Å². The number of benzene rings is 2. The molecule has 0 saturated carbocycles. The number of phenols is 1. The molecule has 3 heteroatoms. The monoisotopic (exact) mass is 296 g/mol. The third-order valence-electron chi connectivity index (χ3n) is 4.25. The van der Waals surface area contributed by atoms with Gasteiger partial charge in [0.1, 0.15) is 5.75 Å². The van der Waals surface area contributed by atoms with Crippen LogP contribution in [0.25, 0.3) is 0 Å². The molecule has 3 nitrogen and oxygen atoms in total. The van der Waals surface area contributed by atoms with Gasteiger partial charge in [-0.15, -0.1) is 0 Å². The lowest BCUT2D eigenvalue weighted by atomic mass is 9.89. The maximum atomic E-state index is 11.9. The van der Waals surface area contributed by atoms with Crippen molar-refractivity contribution < 1.29 is 14.6 Å². The number of hydrogen-bond acceptors (Lipinski definition) is 3. The van der Waals surface area contributed by atoms with Crippen LogP contribution in [0.15, 0.2) is 42.5 Å². The molecule has 1 N–H and O–H groups in total. The first-order valence-electron chi connectivity index (χ1n) is 7.71. The van der Waals surface area contributed by atoms with E-state index in [9.17, 15) is 9.90 Å². The van der Waals surface area contributed by atoms with Crippen molar-refractivity contribution in [3.8, 4) is 5.75 Å². The summed E-state index contributed by atoms with van der Waals surface area (Å²) in [6.07, 6.45) is 1.98. The molecule has 0 fully saturated rings. The normalized spacial score (nSPS) is 16.3. The molecule has 0 aliphatic heterocycles. The lowest BCUT2D eigenvalue weighted by Gasteiger charge is -2.17. The molecule has 0 amide bonds. The van der Waals surface area contributed by atoms with Crippen molar-refractivity contribution in [1.29, 1.82) is 0 Å². The first kappa shape index (κ1) is 14.6. The molecule has 0 aromatic heterocycles. The van der Waals surface area contributed by atoms with Crippen molar-refractivity contribution in [1.82, 2.24) is 0 Å². The highest BCUT2D eigenvalue weighted by atomic mass is 16.5. The Kier molecular flexibility index (Phi) is 4.14. The maximum absolute atomic E-state index is 11.9. The highest BCUT2D eigenvalue weighted by molar-refractivity contribution is 5.71. The zero-order chi connectivity index (χ0) is 15.5. The molecule has 0 spiro atoms. The summed E-state index contributed by atoms with van der Waals surface area (Å²) in [6.45, 7) is 2.24. The van der Waals surface area contributed by atoms with Gasteiger partial charge in [-0.25, -0.2) is 0 Å². The molecule has 2 aromatic carbocycles. The molecule has 1 aliphatic carbocycles. The van der Waals surface area contributed by atoms with Crippen LogP contribution in [0.5, 0.6) is 5.75 Å². The van der Waals surface area contributed by atoms with E-state index in [1.54, 1.807) is 6.07 Å². The first-order chi connectivity index (χ1) is 10.7. The summed E-state index contributed by atoms with van der Waals surface area (Å²) < 4.78 is 5.13. The van der Waals surface area contributed by atoms with Crippen LogP contribution in [-0.4, -0.2) is 17.7 Å². The number of carbonyl (C=O) groups excluding carboxylic acids is 1. The number of phenolic OH excluding ortho intramolecular Hbond substituents is 1. The van der Waals surface area contributed by atoms with Crippen LogP contribution in [0.2, 0.25) is 0 Å². The Hall–Kier alpha value is -2.29. The minimum absolute atomic E-state index is 0.126. The Labute approximate surface area is 130 Å². The van der Waals surface area contributed by atoms with E-state index in [1.807, 2.05) is 31.2 Å². The van der Waals surface area contributed by atoms with Crippen molar-refractivity contribution >= 4 is 5.97 Å². The standard InChI is InChI=1S/C19H20O3/c1-2-22-19(21)12-16-9-13-7-8-17(20)11-15(13)10-14-5-3-4-6-18(14)16/h3-8,11,16,20H,2,9-10,12H2,1H3. The number of ether oxygens (including phenoxy) is 1. The van der Waals surface area contributed by atoms with Crippen LogP contribution < -0.4 is 0 Å². The minimum Gasteiger partial charge on any atom is -0.508 e. The average molecular weight is 296 g/mol. The van der Waals surface area contributed by atoms with Crippen LogP contribution in [0, 0.1) is 0 Å². The van der Waals surface area contributed by atoms with E-state index in [0.29, 0.717) is 18.8 Å². The summed E-state index contributed by atoms with van der Waals surface area (Å²) in [4.78, 5) is 11.9. The van der Waals surface area contributed by atoms with Crippen molar-refractivity contribution in [2.24, 2.45) is 0 Å². The average Bonchev–Trinajstić information content (AvgIpc) is 2.64. The Balaban J connectivity index is 1.99. The fourth-order valence-corrected chi connectivity index (χ4v) is 3.25. The predicted molar refractivity (Wildman–Crippen MR) is 85.0 cm³/mol. The minimum atomic E-state index is -0.149. The maximum Gasteiger partial charge on any atom is 0.306 e. The molecule has 22 heavy (non-hydrogen) atoms. The van der Waals surface area contributed by atoms with Crippen molar-refractivity contribution in [2.45, 2.75) is 32.1 Å². The molecule has 1 aliphatic rings. The van der Waals surface area contributed by atoms with Gasteiger partial charge in [-0.05, 0) is 60.1 Å². The number of aromatic hydroxyl groups is 1. The second-order valence-electron chi connectivity index (χ2n) is 5.74. The lowest BCUT2D eigenvalue weighted by Crippen LogP contribution is -2.12. The predicted octanol–water partition coefficient (Wildman–Crippen LogP) is 3.58. The van der Waals surface area contributed by atoms with Crippen molar-refractivity contribution in [2.75, 3.05) is 6.61 Å². The van der Waals surface area contributed by atoms with Gasteiger partial charge in [0.15, 0.2) is 0 Å². The molecule has 0 heterocycles. The van der Waals surface area contributed by atoms with Crippen LogP contribution in [0.1, 0.15) is 41.5 Å². The molecule has 1 unspecified atom stereocenters. The largest absolute Gasteiger partial charge is 0.508 e. The Bertz CT molecular complexity index is 691. The molecular formula is C19H20O3. The Morgan fingerprint density at radius 3 is 2.82 bits per heavy atom. The fourth-order valence-electron chi connectivity index (χ4n) is 3.25. The summed E-state index contributed by atoms with van der Waals surface area (Å²) in [5.74, 6) is 0.269. The van der Waals surface area contributed by atoms with E-state index in [-0.39, 0.29) is 11.9 Å². The van der Waals surface area contributed by atoms with Gasteiger partial charge >= 0.3 is 5.97 Å². The van der Waals surface area contributed by atoms with Gasteiger partial charge in [0.2, 0.25) is 0 Å². The summed E-state index contributed by atoms with van der Waals surface area (Å²) in [5.41, 5.74) is 4.77. The van der Waals surface area contributed by atoms with Gasteiger partial charge in [0.05, 0.1) is 13.0 Å². The van der Waals surface area contributed by atoms with E-state index in [4.69, 9.17) is 4.74 Å². The number of rotatable bonds is 3. The van der Waals surface area contributed by atoms with E-state index in [1.165, 1.54) is 16.7 Å². The molecule has 0 saturated heterocycles. The van der Waals surface area contributed by atoms with E-state index in [0.717, 1.165) is 18.4 Å². The molecule has 0 radical (unpaired) electrons. The van der Waals surface area contributed by atoms with E-state index >= 15 is 0 Å². The molecular weight excluding hydrogens is 276 g/mol. The van der Waals surface area contributed by atoms with Crippen molar-refractivity contribution in [3.05, 3.63) is 64.7 Å². The Morgan fingerprint density at radius 1 is 1.18 bits per heavy atom. The number of hydrogen-bond donors (Lipinski definition) is 1. The summed E-state index contributed by atoms with van der Waals surface area (Å²) in [5, 5.41) is 9.74. The summed E-state index contributed by atoms with van der Waals surface area (Å²) in [6, 6.07) is 13.8. The smallest absolute Gasteiger partial charge is 0.306 e. The van der Waals surface area contributed by atoms with Gasteiger partial charge in [-0.2, -0.15) is 0 Å². The Morgan fingerprint density at radius 2 is 2.00 bits per heavy atom. The topological polar surface area (TPSA) is 46.5 Å².